The predicted octanol–water partition coefficient (Wildman–Crippen LogP) is 2.46. The molecule has 1 aliphatic heterocycles. The number of nitrogens with zero attached hydrogens (tertiary/aromatic N) is 1. The monoisotopic (exact) mass is 424 g/mol. The first-order valence-corrected chi connectivity index (χ1v) is 11.2. The van der Waals surface area contributed by atoms with Crippen LogP contribution < -0.4 is 15.0 Å². The molecule has 1 aliphatic rings. The standard InChI is InChI=1S/C25H33N3O3/c1-4-5-17-31-22-11-9-21(10-12-22)25(30)28-15-13-27(14-16-28)18-23(29)26-24-19(2)7-6-8-20(24)3/h6-12H,4-5,13-18H2,1-3H3,(H,26,29)/p+1. The Labute approximate surface area is 185 Å². The average Bonchev–Trinajstić information content (AvgIpc) is 2.77. The van der Waals surface area contributed by atoms with E-state index < -0.39 is 0 Å². The number of carbonyl (C=O) groups excluding carboxylic acids is 2. The van der Waals surface area contributed by atoms with E-state index in [9.17, 15) is 9.59 Å². The van der Waals surface area contributed by atoms with Crippen molar-refractivity contribution >= 4 is 17.5 Å². The molecule has 2 N–H and O–H groups in total. The van der Waals surface area contributed by atoms with Crippen LogP contribution in [0.2, 0.25) is 0 Å². The van der Waals surface area contributed by atoms with Crippen molar-refractivity contribution in [2.75, 3.05) is 44.6 Å². The van der Waals surface area contributed by atoms with Crippen molar-refractivity contribution in [1.82, 2.24) is 4.90 Å². The molecule has 6 heteroatoms. The Balaban J connectivity index is 1.46. The Bertz CT molecular complexity index is 867. The second-order valence-corrected chi connectivity index (χ2v) is 8.26. The number of carbonyl (C=O) groups is 2. The van der Waals surface area contributed by atoms with E-state index in [0.717, 1.165) is 48.5 Å². The minimum atomic E-state index is 0.0193. The summed E-state index contributed by atoms with van der Waals surface area (Å²) in [6.45, 7) is 10.1. The second-order valence-electron chi connectivity index (χ2n) is 8.26. The minimum absolute atomic E-state index is 0.0193. The van der Waals surface area contributed by atoms with Crippen molar-refractivity contribution in [3.8, 4) is 5.75 Å². The number of para-hydroxylation sites is 1. The van der Waals surface area contributed by atoms with Gasteiger partial charge in [-0.3, -0.25) is 9.59 Å². The molecule has 0 bridgehead atoms. The topological polar surface area (TPSA) is 63.1 Å². The summed E-state index contributed by atoms with van der Waals surface area (Å²) in [6.07, 6.45) is 2.12. The number of amides is 2. The summed E-state index contributed by atoms with van der Waals surface area (Å²) >= 11 is 0. The van der Waals surface area contributed by atoms with Gasteiger partial charge in [-0.05, 0) is 55.7 Å². The largest absolute Gasteiger partial charge is 0.494 e. The zero-order chi connectivity index (χ0) is 22.2. The van der Waals surface area contributed by atoms with Crippen LogP contribution in [0.1, 0.15) is 41.3 Å². The van der Waals surface area contributed by atoms with Crippen LogP contribution in [0.3, 0.4) is 0 Å². The zero-order valence-corrected chi connectivity index (χ0v) is 18.9. The number of aryl methyl sites for hydroxylation is 2. The second kappa shape index (κ2) is 11.0. The highest BCUT2D eigenvalue weighted by Crippen LogP contribution is 2.19. The Hall–Kier alpha value is -2.86. The van der Waals surface area contributed by atoms with E-state index in [1.165, 1.54) is 4.90 Å². The van der Waals surface area contributed by atoms with Gasteiger partial charge in [0.1, 0.15) is 5.75 Å². The summed E-state index contributed by atoms with van der Waals surface area (Å²) in [4.78, 5) is 28.4. The lowest BCUT2D eigenvalue weighted by molar-refractivity contribution is -0.895. The molecule has 2 aromatic rings. The average molecular weight is 425 g/mol. The molecule has 2 aromatic carbocycles. The molecular formula is C25H34N3O3+. The van der Waals surface area contributed by atoms with Gasteiger partial charge in [0.15, 0.2) is 6.54 Å². The molecule has 1 fully saturated rings. The van der Waals surface area contributed by atoms with Gasteiger partial charge in [0.05, 0.1) is 32.8 Å². The molecule has 0 aromatic heterocycles. The first-order chi connectivity index (χ1) is 15.0. The van der Waals surface area contributed by atoms with Crippen LogP contribution in [0.25, 0.3) is 0 Å². The van der Waals surface area contributed by atoms with Gasteiger partial charge in [0.25, 0.3) is 11.8 Å². The fourth-order valence-electron chi connectivity index (χ4n) is 3.84. The Kier molecular flexibility index (Phi) is 8.06. The third kappa shape index (κ3) is 6.31. The van der Waals surface area contributed by atoms with Crippen molar-refractivity contribution in [3.05, 3.63) is 59.2 Å². The predicted molar refractivity (Wildman–Crippen MR) is 123 cm³/mol. The Morgan fingerprint density at radius 2 is 1.68 bits per heavy atom. The number of anilines is 1. The highest BCUT2D eigenvalue weighted by atomic mass is 16.5. The van der Waals surface area contributed by atoms with Crippen LogP contribution >= 0.6 is 0 Å². The van der Waals surface area contributed by atoms with E-state index in [0.29, 0.717) is 31.8 Å². The highest BCUT2D eigenvalue weighted by molar-refractivity contribution is 5.94. The number of ether oxygens (including phenoxy) is 1. The fourth-order valence-corrected chi connectivity index (χ4v) is 3.84. The van der Waals surface area contributed by atoms with Gasteiger partial charge in [0.2, 0.25) is 0 Å². The smallest absolute Gasteiger partial charge is 0.279 e. The minimum Gasteiger partial charge on any atom is -0.494 e. The lowest BCUT2D eigenvalue weighted by atomic mass is 10.1. The van der Waals surface area contributed by atoms with Crippen molar-refractivity contribution < 1.29 is 19.2 Å². The van der Waals surface area contributed by atoms with Gasteiger partial charge >= 0.3 is 0 Å². The van der Waals surface area contributed by atoms with Gasteiger partial charge < -0.3 is 19.9 Å². The van der Waals surface area contributed by atoms with Crippen LogP contribution in [0.4, 0.5) is 5.69 Å². The van der Waals surface area contributed by atoms with Crippen molar-refractivity contribution in [2.45, 2.75) is 33.6 Å². The molecule has 2 amide bonds. The molecule has 1 heterocycles. The SMILES string of the molecule is CCCCOc1ccc(C(=O)N2CC[NH+](CC(=O)Nc3c(C)cccc3C)CC2)cc1. The molecule has 3 rings (SSSR count). The van der Waals surface area contributed by atoms with E-state index in [4.69, 9.17) is 4.74 Å². The molecular weight excluding hydrogens is 390 g/mol. The van der Waals surface area contributed by atoms with E-state index >= 15 is 0 Å². The number of rotatable bonds is 8. The van der Waals surface area contributed by atoms with E-state index in [1.54, 1.807) is 0 Å². The summed E-state index contributed by atoms with van der Waals surface area (Å²) in [7, 11) is 0. The molecule has 0 radical (unpaired) electrons. The lowest BCUT2D eigenvalue weighted by Crippen LogP contribution is -3.15. The van der Waals surface area contributed by atoms with Gasteiger partial charge in [-0.25, -0.2) is 0 Å². The number of nitrogens with one attached hydrogen (secondary N) is 2. The fraction of sp³-hybridized carbons (Fsp3) is 0.440. The van der Waals surface area contributed by atoms with Crippen molar-refractivity contribution in [2.24, 2.45) is 0 Å². The summed E-state index contributed by atoms with van der Waals surface area (Å²) in [5, 5.41) is 3.06. The maximum absolute atomic E-state index is 12.8. The molecule has 166 valence electrons. The van der Waals surface area contributed by atoms with Gasteiger partial charge in [-0.2, -0.15) is 0 Å². The lowest BCUT2D eigenvalue weighted by Gasteiger charge is -2.32. The Morgan fingerprint density at radius 1 is 1.03 bits per heavy atom. The third-order valence-electron chi connectivity index (χ3n) is 5.78. The molecule has 6 nitrogen and oxygen atoms in total. The third-order valence-corrected chi connectivity index (χ3v) is 5.78. The van der Waals surface area contributed by atoms with Gasteiger partial charge in [-0.15, -0.1) is 0 Å². The number of hydrogen-bond donors (Lipinski definition) is 2. The van der Waals surface area contributed by atoms with Crippen LogP contribution in [0, 0.1) is 13.8 Å². The summed E-state index contributed by atoms with van der Waals surface area (Å²) in [6, 6.07) is 13.4. The Morgan fingerprint density at radius 3 is 2.29 bits per heavy atom. The first-order valence-electron chi connectivity index (χ1n) is 11.2. The zero-order valence-electron chi connectivity index (χ0n) is 18.9. The maximum Gasteiger partial charge on any atom is 0.279 e. The van der Waals surface area contributed by atoms with Crippen molar-refractivity contribution in [1.29, 1.82) is 0 Å². The van der Waals surface area contributed by atoms with Crippen LogP contribution in [-0.4, -0.2) is 56.0 Å². The van der Waals surface area contributed by atoms with E-state index in [1.807, 2.05) is 61.2 Å². The van der Waals surface area contributed by atoms with Crippen LogP contribution in [0.15, 0.2) is 42.5 Å². The number of hydrogen-bond acceptors (Lipinski definition) is 3. The summed E-state index contributed by atoms with van der Waals surface area (Å²) < 4.78 is 5.67. The van der Waals surface area contributed by atoms with Crippen LogP contribution in [-0.2, 0) is 4.79 Å². The molecule has 1 saturated heterocycles. The number of unbranched alkanes of at least 4 members (excludes halogenated alkanes) is 1. The molecule has 0 saturated carbocycles. The van der Waals surface area contributed by atoms with E-state index in [-0.39, 0.29) is 11.8 Å². The molecule has 0 atom stereocenters. The highest BCUT2D eigenvalue weighted by Gasteiger charge is 2.26. The summed E-state index contributed by atoms with van der Waals surface area (Å²) in [5.74, 6) is 0.860. The van der Waals surface area contributed by atoms with Crippen LogP contribution in [0.5, 0.6) is 5.75 Å². The van der Waals surface area contributed by atoms with Gasteiger partial charge in [0, 0.05) is 11.3 Å². The van der Waals surface area contributed by atoms with Gasteiger partial charge in [-0.1, -0.05) is 31.5 Å². The first kappa shape index (κ1) is 22.8. The molecule has 0 unspecified atom stereocenters. The molecule has 0 aliphatic carbocycles. The quantitative estimate of drug-likeness (QED) is 0.640. The molecule has 0 spiro atoms. The maximum atomic E-state index is 12.8. The van der Waals surface area contributed by atoms with E-state index in [2.05, 4.69) is 12.2 Å². The number of piperazine rings is 1. The number of quaternary nitrogens is 1. The normalized spacial score (nSPS) is 14.4. The number of benzene rings is 2. The van der Waals surface area contributed by atoms with Crippen molar-refractivity contribution in [3.63, 3.8) is 0 Å². The molecule has 31 heavy (non-hydrogen) atoms. The summed E-state index contributed by atoms with van der Waals surface area (Å²) in [5.41, 5.74) is 3.72.